The van der Waals surface area contributed by atoms with Crippen LogP contribution in [-0.2, 0) is 20.4 Å². The van der Waals surface area contributed by atoms with Crippen molar-refractivity contribution >= 4 is 34.8 Å². The Bertz CT molecular complexity index is 311. The van der Waals surface area contributed by atoms with E-state index in [1.807, 2.05) is 0 Å². The number of rotatable bonds is 0. The van der Waals surface area contributed by atoms with Crippen LogP contribution in [0.15, 0.2) is 11.0 Å². The Hall–Kier alpha value is 0.482. The number of aromatic amines is 1. The second-order valence-electron chi connectivity index (χ2n) is 1.59. The van der Waals surface area contributed by atoms with Gasteiger partial charge in [-0.15, -0.1) is 0 Å². The van der Waals surface area contributed by atoms with Crippen molar-refractivity contribution in [3.63, 3.8) is 0 Å². The minimum Gasteiger partial charge on any atom is -0.326 e. The maximum atomic E-state index is 10.7. The predicted molar refractivity (Wildman–Crippen MR) is 42.1 cm³/mol. The van der Waals surface area contributed by atoms with Crippen LogP contribution in [0.25, 0.3) is 0 Å². The molecule has 1 rings (SSSR count). The molecule has 1 N–H and O–H groups in total. The molecular formula is C5H2Cl3NOPd. The van der Waals surface area contributed by atoms with Crippen molar-refractivity contribution in [1.82, 2.24) is 4.98 Å². The molecule has 0 aliphatic carbocycles. The number of nitrogens with one attached hydrogen (secondary N) is 1. The number of halogens is 3. The number of hydrogen-bond donors (Lipinski definition) is 1. The molecule has 11 heavy (non-hydrogen) atoms. The maximum absolute atomic E-state index is 10.7. The summed E-state index contributed by atoms with van der Waals surface area (Å²) in [6, 6.07) is 0. The third-order valence-electron chi connectivity index (χ3n) is 0.932. The molecule has 0 aliphatic heterocycles. The molecule has 0 radical (unpaired) electrons. The van der Waals surface area contributed by atoms with E-state index in [2.05, 4.69) is 4.98 Å². The van der Waals surface area contributed by atoms with Gasteiger partial charge >= 0.3 is 0 Å². The minimum absolute atomic E-state index is 0. The molecule has 64 valence electrons. The van der Waals surface area contributed by atoms with Gasteiger partial charge in [0.05, 0.1) is 10.0 Å². The summed E-state index contributed by atoms with van der Waals surface area (Å²) in [5, 5.41) is 0.257. The van der Waals surface area contributed by atoms with E-state index in [0.717, 1.165) is 0 Å². The second kappa shape index (κ2) is 4.49. The molecule has 0 atom stereocenters. The van der Waals surface area contributed by atoms with Crippen molar-refractivity contribution in [3.8, 4) is 0 Å². The molecule has 0 saturated heterocycles. The molecule has 0 aromatic carbocycles. The first-order valence-electron chi connectivity index (χ1n) is 2.35. The number of H-pyrrole nitrogens is 1. The molecule has 0 unspecified atom stereocenters. The minimum atomic E-state index is -0.434. The molecule has 0 spiro atoms. The van der Waals surface area contributed by atoms with Gasteiger partial charge in [0.15, 0.2) is 0 Å². The smallest absolute Gasteiger partial charge is 0.268 e. The van der Waals surface area contributed by atoms with Crippen LogP contribution in [0.5, 0.6) is 0 Å². The quantitative estimate of drug-likeness (QED) is 0.733. The summed E-state index contributed by atoms with van der Waals surface area (Å²) in [5.74, 6) is 0. The van der Waals surface area contributed by atoms with E-state index in [9.17, 15) is 4.79 Å². The van der Waals surface area contributed by atoms with E-state index in [0.29, 0.717) is 0 Å². The zero-order valence-corrected chi connectivity index (χ0v) is 8.76. The van der Waals surface area contributed by atoms with Gasteiger partial charge < -0.3 is 4.98 Å². The van der Waals surface area contributed by atoms with Gasteiger partial charge in [0.25, 0.3) is 5.56 Å². The molecule has 0 saturated carbocycles. The van der Waals surface area contributed by atoms with Crippen LogP contribution in [-0.4, -0.2) is 4.98 Å². The SMILES string of the molecule is O=c1[nH]cc(Cl)c(Cl)c1Cl.[Pd]. The Morgan fingerprint density at radius 2 is 1.73 bits per heavy atom. The summed E-state index contributed by atoms with van der Waals surface area (Å²) in [7, 11) is 0. The standard InChI is InChI=1S/C5H2Cl3NO.Pd/c6-2-1-9-5(10)4(8)3(2)7;/h1H,(H,9,10);. The molecule has 0 fully saturated rings. The molecule has 0 aliphatic rings. The van der Waals surface area contributed by atoms with Gasteiger partial charge in [-0.1, -0.05) is 34.8 Å². The van der Waals surface area contributed by atoms with Gasteiger partial charge in [-0.2, -0.15) is 0 Å². The van der Waals surface area contributed by atoms with E-state index in [1.54, 1.807) is 0 Å². The van der Waals surface area contributed by atoms with E-state index < -0.39 is 5.56 Å². The molecule has 1 heterocycles. The summed E-state index contributed by atoms with van der Waals surface area (Å²) < 4.78 is 0. The molecular weight excluding hydrogens is 303 g/mol. The van der Waals surface area contributed by atoms with Crippen molar-refractivity contribution in [3.05, 3.63) is 31.6 Å². The van der Waals surface area contributed by atoms with Gasteiger partial charge in [0.2, 0.25) is 0 Å². The van der Waals surface area contributed by atoms with Crippen molar-refractivity contribution in [2.45, 2.75) is 0 Å². The Labute approximate surface area is 91.5 Å². The average Bonchev–Trinajstić information content (AvgIpc) is 1.93. The fourth-order valence-corrected chi connectivity index (χ4v) is 0.954. The average molecular weight is 305 g/mol. The monoisotopic (exact) mass is 303 g/mol. The maximum Gasteiger partial charge on any atom is 0.268 e. The summed E-state index contributed by atoms with van der Waals surface area (Å²) in [5.41, 5.74) is -0.434. The largest absolute Gasteiger partial charge is 0.326 e. The van der Waals surface area contributed by atoms with Gasteiger partial charge in [-0.25, -0.2) is 0 Å². The summed E-state index contributed by atoms with van der Waals surface area (Å²) in [6.07, 6.45) is 1.29. The molecule has 1 aromatic rings. The Morgan fingerprint density at radius 1 is 1.18 bits per heavy atom. The van der Waals surface area contributed by atoms with Crippen molar-refractivity contribution in [2.75, 3.05) is 0 Å². The Kier molecular flexibility index (Phi) is 4.69. The van der Waals surface area contributed by atoms with Crippen LogP contribution in [0.1, 0.15) is 0 Å². The van der Waals surface area contributed by atoms with Crippen LogP contribution in [0.3, 0.4) is 0 Å². The van der Waals surface area contributed by atoms with Crippen molar-refractivity contribution < 1.29 is 20.4 Å². The van der Waals surface area contributed by atoms with Crippen LogP contribution >= 0.6 is 34.8 Å². The Balaban J connectivity index is 0.000001000. The number of aromatic nitrogens is 1. The Morgan fingerprint density at radius 3 is 2.18 bits per heavy atom. The molecule has 0 bridgehead atoms. The molecule has 6 heteroatoms. The topological polar surface area (TPSA) is 32.9 Å². The molecule has 2 nitrogen and oxygen atoms in total. The first-order chi connectivity index (χ1) is 4.63. The van der Waals surface area contributed by atoms with Crippen LogP contribution in [0.4, 0.5) is 0 Å². The number of hydrogen-bond acceptors (Lipinski definition) is 1. The van der Waals surface area contributed by atoms with Crippen molar-refractivity contribution in [1.29, 1.82) is 0 Å². The van der Waals surface area contributed by atoms with Crippen LogP contribution in [0, 0.1) is 0 Å². The number of pyridine rings is 1. The van der Waals surface area contributed by atoms with Crippen LogP contribution < -0.4 is 5.56 Å². The van der Waals surface area contributed by atoms with Gasteiger partial charge in [-0.05, 0) is 0 Å². The molecule has 0 amide bonds. The molecule has 1 aromatic heterocycles. The van der Waals surface area contributed by atoms with E-state index >= 15 is 0 Å². The van der Waals surface area contributed by atoms with E-state index in [-0.39, 0.29) is 35.5 Å². The van der Waals surface area contributed by atoms with Crippen molar-refractivity contribution in [2.24, 2.45) is 0 Å². The first kappa shape index (κ1) is 11.5. The van der Waals surface area contributed by atoms with E-state index in [1.165, 1.54) is 6.20 Å². The van der Waals surface area contributed by atoms with Gasteiger partial charge in [-0.3, -0.25) is 4.79 Å². The summed E-state index contributed by atoms with van der Waals surface area (Å²) in [6.45, 7) is 0. The zero-order chi connectivity index (χ0) is 7.72. The van der Waals surface area contributed by atoms with Crippen LogP contribution in [0.2, 0.25) is 15.1 Å². The van der Waals surface area contributed by atoms with Gasteiger partial charge in [0.1, 0.15) is 5.02 Å². The van der Waals surface area contributed by atoms with E-state index in [4.69, 9.17) is 34.8 Å². The predicted octanol–water partition coefficient (Wildman–Crippen LogP) is 2.33. The fourth-order valence-electron chi connectivity index (χ4n) is 0.460. The summed E-state index contributed by atoms with van der Waals surface area (Å²) in [4.78, 5) is 13.0. The fraction of sp³-hybridized carbons (Fsp3) is 0. The summed E-state index contributed by atoms with van der Waals surface area (Å²) >= 11 is 16.4. The third kappa shape index (κ3) is 2.47. The van der Waals surface area contributed by atoms with Gasteiger partial charge in [0, 0.05) is 26.6 Å². The third-order valence-corrected chi connectivity index (χ3v) is 2.18. The normalized spacial score (nSPS) is 9.00. The second-order valence-corrected chi connectivity index (χ2v) is 2.76. The zero-order valence-electron chi connectivity index (χ0n) is 4.94. The first-order valence-corrected chi connectivity index (χ1v) is 3.48.